The molecule has 2 aliphatic rings. The minimum Gasteiger partial charge on any atom is -0.370 e. The highest BCUT2D eigenvalue weighted by Gasteiger charge is 2.22. The van der Waals surface area contributed by atoms with Crippen LogP contribution in [0.2, 0.25) is 0 Å². The van der Waals surface area contributed by atoms with Crippen molar-refractivity contribution in [3.05, 3.63) is 0 Å². The fraction of sp³-hybridized carbons (Fsp3) is 0.917. The molecule has 1 heterocycles. The molecule has 2 fully saturated rings. The summed E-state index contributed by atoms with van der Waals surface area (Å²) in [6, 6.07) is 1.10. The Morgan fingerprint density at radius 2 is 2.00 bits per heavy atom. The van der Waals surface area contributed by atoms with Crippen LogP contribution in [0.5, 0.6) is 0 Å². The lowest BCUT2D eigenvalue weighted by Gasteiger charge is -2.27. The number of guanidine groups is 1. The monoisotopic (exact) mass is 241 g/mol. The number of hydrogen-bond acceptors (Lipinski definition) is 2. The molecule has 0 aromatic carbocycles. The number of aliphatic imine (C=N–C) groups is 1. The molecule has 92 valence electrons. The van der Waals surface area contributed by atoms with Gasteiger partial charge in [0, 0.05) is 18.8 Å². The molecular formula is C12H23N3S. The summed E-state index contributed by atoms with van der Waals surface area (Å²) in [5.41, 5.74) is 6.09. The third-order valence-electron chi connectivity index (χ3n) is 3.70. The Hall–Kier alpha value is -0.380. The van der Waals surface area contributed by atoms with Gasteiger partial charge in [0.25, 0.3) is 0 Å². The third-order valence-corrected chi connectivity index (χ3v) is 4.85. The van der Waals surface area contributed by atoms with Gasteiger partial charge in [-0.05, 0) is 25.0 Å². The van der Waals surface area contributed by atoms with Crippen molar-refractivity contribution >= 4 is 17.7 Å². The van der Waals surface area contributed by atoms with Crippen LogP contribution in [0.25, 0.3) is 0 Å². The highest BCUT2D eigenvalue weighted by molar-refractivity contribution is 7.99. The van der Waals surface area contributed by atoms with Gasteiger partial charge in [-0.25, -0.2) is 4.99 Å². The fourth-order valence-corrected chi connectivity index (χ4v) is 3.77. The molecule has 1 saturated heterocycles. The summed E-state index contributed by atoms with van der Waals surface area (Å²) in [6.45, 7) is 0. The van der Waals surface area contributed by atoms with Crippen molar-refractivity contribution < 1.29 is 0 Å². The molecule has 16 heavy (non-hydrogen) atoms. The minimum absolute atomic E-state index is 0.491. The largest absolute Gasteiger partial charge is 0.370 e. The Morgan fingerprint density at radius 1 is 1.25 bits per heavy atom. The van der Waals surface area contributed by atoms with Gasteiger partial charge in [-0.3, -0.25) is 0 Å². The van der Waals surface area contributed by atoms with Crippen LogP contribution in [-0.2, 0) is 0 Å². The molecule has 2 rings (SSSR count). The molecule has 1 aliphatic carbocycles. The van der Waals surface area contributed by atoms with Crippen LogP contribution in [0.3, 0.4) is 0 Å². The zero-order chi connectivity index (χ0) is 11.4. The quantitative estimate of drug-likeness (QED) is 0.594. The maximum atomic E-state index is 6.09. The number of hydrogen-bond donors (Lipinski definition) is 1. The van der Waals surface area contributed by atoms with Gasteiger partial charge in [0.15, 0.2) is 5.96 Å². The maximum Gasteiger partial charge on any atom is 0.191 e. The van der Waals surface area contributed by atoms with Crippen molar-refractivity contribution in [2.45, 2.75) is 50.6 Å². The van der Waals surface area contributed by atoms with Crippen molar-refractivity contribution in [2.24, 2.45) is 10.7 Å². The Morgan fingerprint density at radius 3 is 2.62 bits per heavy atom. The number of thioether (sulfide) groups is 1. The van der Waals surface area contributed by atoms with Crippen LogP contribution >= 0.6 is 11.8 Å². The molecule has 0 radical (unpaired) electrons. The molecule has 3 nitrogen and oxygen atoms in total. The van der Waals surface area contributed by atoms with Gasteiger partial charge in [0.2, 0.25) is 0 Å². The maximum absolute atomic E-state index is 6.09. The van der Waals surface area contributed by atoms with E-state index in [1.54, 1.807) is 0 Å². The van der Waals surface area contributed by atoms with Crippen LogP contribution in [0.4, 0.5) is 0 Å². The second-order valence-electron chi connectivity index (χ2n) is 4.91. The first kappa shape index (κ1) is 12.1. The minimum atomic E-state index is 0.491. The Bertz CT molecular complexity index is 243. The van der Waals surface area contributed by atoms with Crippen molar-refractivity contribution in [2.75, 3.05) is 18.6 Å². The van der Waals surface area contributed by atoms with Crippen LogP contribution in [0.1, 0.15) is 38.5 Å². The van der Waals surface area contributed by atoms with Crippen molar-refractivity contribution in [1.82, 2.24) is 4.90 Å². The Balaban J connectivity index is 1.88. The second-order valence-corrected chi connectivity index (χ2v) is 6.06. The summed E-state index contributed by atoms with van der Waals surface area (Å²) in [5.74, 6) is 3.24. The van der Waals surface area contributed by atoms with E-state index in [1.807, 2.05) is 11.8 Å². The van der Waals surface area contributed by atoms with E-state index >= 15 is 0 Å². The predicted octanol–water partition coefficient (Wildman–Crippen LogP) is 2.07. The first-order chi connectivity index (χ1) is 7.77. The van der Waals surface area contributed by atoms with Gasteiger partial charge in [0.1, 0.15) is 0 Å². The van der Waals surface area contributed by atoms with Gasteiger partial charge < -0.3 is 10.6 Å². The van der Waals surface area contributed by atoms with E-state index in [2.05, 4.69) is 11.9 Å². The zero-order valence-electron chi connectivity index (χ0n) is 10.2. The average molecular weight is 241 g/mol. The topological polar surface area (TPSA) is 41.6 Å². The standard InChI is InChI=1S/C12H23N3S/c1-15(11-7-8-16-9-11)12(13)14-10-5-3-2-4-6-10/h10-11H,2-9H2,1H3,(H2,13,14). The molecule has 1 atom stereocenters. The average Bonchev–Trinajstić information content (AvgIpc) is 2.83. The normalized spacial score (nSPS) is 28.3. The SMILES string of the molecule is CN(C(N)=NC1CCCCC1)C1CCSC1. The summed E-state index contributed by atoms with van der Waals surface area (Å²) < 4.78 is 0. The van der Waals surface area contributed by atoms with Crippen LogP contribution in [0, 0.1) is 0 Å². The van der Waals surface area contributed by atoms with Crippen LogP contribution in [0.15, 0.2) is 4.99 Å². The summed E-state index contributed by atoms with van der Waals surface area (Å²) >= 11 is 2.02. The Labute approximate surface area is 103 Å². The van der Waals surface area contributed by atoms with Crippen LogP contribution < -0.4 is 5.73 Å². The molecule has 0 aromatic heterocycles. The molecule has 0 spiro atoms. The summed E-state index contributed by atoms with van der Waals surface area (Å²) in [7, 11) is 2.10. The van der Waals surface area contributed by atoms with Crippen molar-refractivity contribution in [1.29, 1.82) is 0 Å². The molecule has 0 bridgehead atoms. The summed E-state index contributed by atoms with van der Waals surface area (Å²) in [6.07, 6.45) is 7.74. The van der Waals surface area contributed by atoms with E-state index in [9.17, 15) is 0 Å². The van der Waals surface area contributed by atoms with Gasteiger partial charge in [-0.2, -0.15) is 11.8 Å². The Kier molecular flexibility index (Phi) is 4.38. The molecule has 1 saturated carbocycles. The lowest BCUT2D eigenvalue weighted by Crippen LogP contribution is -2.42. The molecule has 1 unspecified atom stereocenters. The number of rotatable bonds is 2. The first-order valence-electron chi connectivity index (χ1n) is 6.41. The van der Waals surface area contributed by atoms with Crippen molar-refractivity contribution in [3.8, 4) is 0 Å². The van der Waals surface area contributed by atoms with Gasteiger partial charge >= 0.3 is 0 Å². The van der Waals surface area contributed by atoms with E-state index in [1.165, 1.54) is 50.0 Å². The summed E-state index contributed by atoms with van der Waals surface area (Å²) in [4.78, 5) is 6.88. The number of nitrogens with zero attached hydrogens (tertiary/aromatic N) is 2. The highest BCUT2D eigenvalue weighted by Crippen LogP contribution is 2.23. The smallest absolute Gasteiger partial charge is 0.191 e. The fourth-order valence-electron chi connectivity index (χ4n) is 2.50. The van der Waals surface area contributed by atoms with Gasteiger partial charge in [-0.1, -0.05) is 19.3 Å². The highest BCUT2D eigenvalue weighted by atomic mass is 32.2. The van der Waals surface area contributed by atoms with Crippen molar-refractivity contribution in [3.63, 3.8) is 0 Å². The molecule has 2 N–H and O–H groups in total. The van der Waals surface area contributed by atoms with E-state index < -0.39 is 0 Å². The van der Waals surface area contributed by atoms with E-state index in [0.29, 0.717) is 12.1 Å². The van der Waals surface area contributed by atoms with E-state index in [0.717, 1.165) is 5.96 Å². The van der Waals surface area contributed by atoms with Gasteiger partial charge in [0.05, 0.1) is 6.04 Å². The molecule has 0 amide bonds. The van der Waals surface area contributed by atoms with E-state index in [-0.39, 0.29) is 0 Å². The molecule has 0 aromatic rings. The molecule has 4 heteroatoms. The second kappa shape index (κ2) is 5.80. The zero-order valence-corrected chi connectivity index (χ0v) is 11.0. The lowest BCUT2D eigenvalue weighted by atomic mass is 9.96. The predicted molar refractivity (Wildman–Crippen MR) is 72.0 cm³/mol. The van der Waals surface area contributed by atoms with Crippen LogP contribution in [-0.4, -0.2) is 41.5 Å². The summed E-state index contributed by atoms with van der Waals surface area (Å²) in [5, 5.41) is 0. The first-order valence-corrected chi connectivity index (χ1v) is 7.56. The molecule has 1 aliphatic heterocycles. The lowest BCUT2D eigenvalue weighted by molar-refractivity contribution is 0.381. The third kappa shape index (κ3) is 3.06. The molecular weight excluding hydrogens is 218 g/mol. The van der Waals surface area contributed by atoms with E-state index in [4.69, 9.17) is 10.7 Å². The van der Waals surface area contributed by atoms with Gasteiger partial charge in [-0.15, -0.1) is 0 Å². The number of nitrogens with two attached hydrogens (primary N) is 1.